The molecule has 0 saturated heterocycles. The Kier molecular flexibility index (Phi) is 4.88. The number of nitrogens with zero attached hydrogens (tertiary/aromatic N) is 4. The molecule has 0 atom stereocenters. The maximum absolute atomic E-state index is 12.7. The molecule has 0 radical (unpaired) electrons. The minimum atomic E-state index is -0.408. The van der Waals surface area contributed by atoms with E-state index < -0.39 is 5.91 Å². The molecular formula is C19H23N5O2. The lowest BCUT2D eigenvalue weighted by Gasteiger charge is -2.12. The molecule has 1 aromatic carbocycles. The molecule has 1 N–H and O–H groups in total. The minimum absolute atomic E-state index is 0.176. The van der Waals surface area contributed by atoms with E-state index in [2.05, 4.69) is 29.4 Å². The molecule has 136 valence electrons. The van der Waals surface area contributed by atoms with Crippen molar-refractivity contribution in [3.05, 3.63) is 51.9 Å². The summed E-state index contributed by atoms with van der Waals surface area (Å²) in [5.74, 6) is 0.0776. The van der Waals surface area contributed by atoms with Gasteiger partial charge in [0.15, 0.2) is 0 Å². The van der Waals surface area contributed by atoms with Crippen molar-refractivity contribution in [2.45, 2.75) is 33.7 Å². The van der Waals surface area contributed by atoms with Crippen molar-refractivity contribution in [2.75, 3.05) is 5.32 Å². The summed E-state index contributed by atoms with van der Waals surface area (Å²) in [6.45, 7) is 6.59. The third-order valence-corrected chi connectivity index (χ3v) is 4.29. The zero-order valence-corrected chi connectivity index (χ0v) is 15.5. The molecule has 26 heavy (non-hydrogen) atoms. The first kappa shape index (κ1) is 17.8. The maximum Gasteiger partial charge on any atom is 0.263 e. The van der Waals surface area contributed by atoms with Gasteiger partial charge in [0.05, 0.1) is 0 Å². The number of aryl methyl sites for hydroxylation is 3. The van der Waals surface area contributed by atoms with Crippen LogP contribution in [0.1, 0.15) is 36.2 Å². The van der Waals surface area contributed by atoms with Crippen LogP contribution >= 0.6 is 0 Å². The van der Waals surface area contributed by atoms with Crippen molar-refractivity contribution in [2.24, 2.45) is 13.0 Å². The predicted octanol–water partition coefficient (Wildman–Crippen LogP) is 2.74. The summed E-state index contributed by atoms with van der Waals surface area (Å²) in [4.78, 5) is 26.9. The monoisotopic (exact) mass is 353 g/mol. The highest BCUT2D eigenvalue weighted by atomic mass is 16.2. The van der Waals surface area contributed by atoms with Crippen LogP contribution in [-0.4, -0.2) is 25.5 Å². The molecule has 0 aliphatic rings. The lowest BCUT2D eigenvalue weighted by Crippen LogP contribution is -2.30. The molecule has 7 nitrogen and oxygen atoms in total. The molecule has 0 fully saturated rings. The van der Waals surface area contributed by atoms with Crippen LogP contribution in [0.25, 0.3) is 11.0 Å². The summed E-state index contributed by atoms with van der Waals surface area (Å²) in [5, 5.41) is 11.2. The quantitative estimate of drug-likeness (QED) is 0.765. The summed E-state index contributed by atoms with van der Waals surface area (Å²) in [6, 6.07) is 7.10. The number of hydrogen-bond acceptors (Lipinski definition) is 4. The molecule has 1 amide bonds. The van der Waals surface area contributed by atoms with E-state index in [0.29, 0.717) is 29.2 Å². The number of carbonyl (C=O) groups is 1. The van der Waals surface area contributed by atoms with Gasteiger partial charge in [0.25, 0.3) is 11.5 Å². The van der Waals surface area contributed by atoms with Crippen molar-refractivity contribution in [3.63, 3.8) is 0 Å². The van der Waals surface area contributed by atoms with E-state index in [1.807, 2.05) is 6.07 Å². The van der Waals surface area contributed by atoms with Gasteiger partial charge in [-0.1, -0.05) is 13.8 Å². The van der Waals surface area contributed by atoms with Crippen LogP contribution in [0.15, 0.2) is 35.3 Å². The zero-order chi connectivity index (χ0) is 18.8. The summed E-state index contributed by atoms with van der Waals surface area (Å²) in [5.41, 5.74) is 2.59. The number of anilines is 1. The summed E-state index contributed by atoms with van der Waals surface area (Å²) in [6.07, 6.45) is 2.63. The number of hydrogen-bond donors (Lipinski definition) is 1. The molecule has 2 heterocycles. The van der Waals surface area contributed by atoms with Crippen LogP contribution in [0, 0.1) is 12.8 Å². The number of carbonyl (C=O) groups excluding carboxylic acids is 1. The van der Waals surface area contributed by atoms with Crippen LogP contribution < -0.4 is 10.9 Å². The molecule has 0 spiro atoms. The Morgan fingerprint density at radius 3 is 2.65 bits per heavy atom. The molecule has 0 aliphatic heterocycles. The molecule has 0 bridgehead atoms. The molecule has 2 aromatic heterocycles. The molecule has 0 aliphatic carbocycles. The van der Waals surface area contributed by atoms with Crippen molar-refractivity contribution in [1.82, 2.24) is 19.6 Å². The zero-order valence-electron chi connectivity index (χ0n) is 15.5. The van der Waals surface area contributed by atoms with Gasteiger partial charge in [-0.15, -0.1) is 0 Å². The second-order valence-electron chi connectivity index (χ2n) is 6.90. The fraction of sp³-hybridized carbons (Fsp3) is 0.368. The van der Waals surface area contributed by atoms with E-state index in [1.165, 1.54) is 4.80 Å². The fourth-order valence-electron chi connectivity index (χ4n) is 2.81. The van der Waals surface area contributed by atoms with Crippen molar-refractivity contribution in [3.8, 4) is 0 Å². The average Bonchev–Trinajstić information content (AvgIpc) is 2.93. The van der Waals surface area contributed by atoms with Crippen LogP contribution in [0.5, 0.6) is 0 Å². The summed E-state index contributed by atoms with van der Waals surface area (Å²) in [7, 11) is 1.74. The highest BCUT2D eigenvalue weighted by Crippen LogP contribution is 2.16. The SMILES string of the molecule is Cc1ccn(CCC(C)C)c(=O)c1C(=O)Nc1ccc2nn(C)nc2c1. The maximum atomic E-state index is 12.7. The van der Waals surface area contributed by atoms with Gasteiger partial charge in [0, 0.05) is 25.5 Å². The van der Waals surface area contributed by atoms with Gasteiger partial charge in [-0.05, 0) is 49.1 Å². The van der Waals surface area contributed by atoms with Gasteiger partial charge >= 0.3 is 0 Å². The van der Waals surface area contributed by atoms with Crippen LogP contribution in [0.2, 0.25) is 0 Å². The number of amides is 1. The lowest BCUT2D eigenvalue weighted by atomic mass is 10.1. The molecule has 0 unspecified atom stereocenters. The second kappa shape index (κ2) is 7.11. The Bertz CT molecular complexity index is 1020. The Balaban J connectivity index is 1.88. The Hall–Kier alpha value is -2.96. The first-order valence-corrected chi connectivity index (χ1v) is 8.67. The Morgan fingerprint density at radius 2 is 1.92 bits per heavy atom. The van der Waals surface area contributed by atoms with Crippen molar-refractivity contribution < 1.29 is 4.79 Å². The van der Waals surface area contributed by atoms with Crippen molar-refractivity contribution in [1.29, 1.82) is 0 Å². The number of fused-ring (bicyclic) bond motifs is 1. The van der Waals surface area contributed by atoms with E-state index in [-0.39, 0.29) is 11.1 Å². The summed E-state index contributed by atoms with van der Waals surface area (Å²) < 4.78 is 1.60. The van der Waals surface area contributed by atoms with Crippen molar-refractivity contribution >= 4 is 22.6 Å². The molecular weight excluding hydrogens is 330 g/mol. The predicted molar refractivity (Wildman–Crippen MR) is 101 cm³/mol. The summed E-state index contributed by atoms with van der Waals surface area (Å²) >= 11 is 0. The minimum Gasteiger partial charge on any atom is -0.322 e. The molecule has 3 aromatic rings. The normalized spacial score (nSPS) is 11.3. The third-order valence-electron chi connectivity index (χ3n) is 4.29. The van der Waals surface area contributed by atoms with E-state index in [9.17, 15) is 9.59 Å². The van der Waals surface area contributed by atoms with Gasteiger partial charge in [0.2, 0.25) is 0 Å². The number of benzene rings is 1. The van der Waals surface area contributed by atoms with E-state index in [1.54, 1.807) is 42.9 Å². The molecule has 0 saturated carbocycles. The molecule has 3 rings (SSSR count). The lowest BCUT2D eigenvalue weighted by molar-refractivity contribution is 0.102. The first-order chi connectivity index (χ1) is 12.3. The number of aromatic nitrogens is 4. The smallest absolute Gasteiger partial charge is 0.263 e. The van der Waals surface area contributed by atoms with Crippen LogP contribution in [0.3, 0.4) is 0 Å². The fourth-order valence-corrected chi connectivity index (χ4v) is 2.81. The average molecular weight is 353 g/mol. The van der Waals surface area contributed by atoms with Gasteiger partial charge in [0.1, 0.15) is 16.6 Å². The van der Waals surface area contributed by atoms with Crippen LogP contribution in [0.4, 0.5) is 5.69 Å². The third kappa shape index (κ3) is 3.66. The number of nitrogens with one attached hydrogen (secondary N) is 1. The second-order valence-corrected chi connectivity index (χ2v) is 6.90. The number of rotatable bonds is 5. The topological polar surface area (TPSA) is 81.8 Å². The largest absolute Gasteiger partial charge is 0.322 e. The van der Waals surface area contributed by atoms with E-state index >= 15 is 0 Å². The van der Waals surface area contributed by atoms with Crippen LogP contribution in [-0.2, 0) is 13.6 Å². The van der Waals surface area contributed by atoms with E-state index in [4.69, 9.17) is 0 Å². The van der Waals surface area contributed by atoms with Gasteiger partial charge in [-0.25, -0.2) is 0 Å². The number of pyridine rings is 1. The first-order valence-electron chi connectivity index (χ1n) is 8.67. The molecule has 7 heteroatoms. The van der Waals surface area contributed by atoms with Gasteiger partial charge in [-0.2, -0.15) is 15.0 Å². The highest BCUT2D eigenvalue weighted by molar-refractivity contribution is 6.05. The van der Waals surface area contributed by atoms with E-state index in [0.717, 1.165) is 11.9 Å². The Morgan fingerprint density at radius 1 is 1.19 bits per heavy atom. The van der Waals surface area contributed by atoms with Gasteiger partial charge < -0.3 is 9.88 Å². The Labute approximate surface area is 151 Å². The standard InChI is InChI=1S/C19H23N5O2/c1-12(2)7-9-24-10-8-13(3)17(19(24)26)18(25)20-14-5-6-15-16(11-14)22-23(4)21-15/h5-6,8,10-12H,7,9H2,1-4H3,(H,20,25). The highest BCUT2D eigenvalue weighted by Gasteiger charge is 2.16. The van der Waals surface area contributed by atoms with Gasteiger partial charge in [-0.3, -0.25) is 9.59 Å².